The Morgan fingerprint density at radius 2 is 1.85 bits per heavy atom. The van der Waals surface area contributed by atoms with Crippen LogP contribution in [0.15, 0.2) is 23.1 Å². The number of carbonyl (C=O) groups excluding carboxylic acids is 1. The zero-order valence-electron chi connectivity index (χ0n) is 16.5. The van der Waals surface area contributed by atoms with Gasteiger partial charge in [0.05, 0.1) is 17.6 Å². The van der Waals surface area contributed by atoms with Crippen LogP contribution in [0.25, 0.3) is 0 Å². The first-order chi connectivity index (χ1) is 12.8. The molecule has 0 aliphatic carbocycles. The number of sulfonamides is 1. The molecule has 1 N–H and O–H groups in total. The fourth-order valence-corrected chi connectivity index (χ4v) is 4.25. The Bertz CT molecular complexity index is 726. The third-order valence-electron chi connectivity index (χ3n) is 4.68. The van der Waals surface area contributed by atoms with Crippen LogP contribution in [0.4, 0.5) is 0 Å². The molecule has 0 radical (unpaired) electrons. The lowest BCUT2D eigenvalue weighted by Crippen LogP contribution is -2.32. The van der Waals surface area contributed by atoms with Gasteiger partial charge in [-0.2, -0.15) is 0 Å². The highest BCUT2D eigenvalue weighted by Crippen LogP contribution is 2.25. The molecule has 2 rings (SSSR count). The Hall–Kier alpha value is -1.64. The van der Waals surface area contributed by atoms with E-state index in [0.717, 1.165) is 32.2 Å². The van der Waals surface area contributed by atoms with Gasteiger partial charge in [0.1, 0.15) is 5.75 Å². The van der Waals surface area contributed by atoms with E-state index in [0.29, 0.717) is 37.4 Å². The van der Waals surface area contributed by atoms with E-state index in [1.807, 2.05) is 19.0 Å². The first kappa shape index (κ1) is 21.7. The molecule has 0 saturated carbocycles. The van der Waals surface area contributed by atoms with Crippen molar-refractivity contribution in [2.24, 2.45) is 0 Å². The fraction of sp³-hybridized carbons (Fsp3) is 0.632. The van der Waals surface area contributed by atoms with E-state index in [9.17, 15) is 13.2 Å². The van der Waals surface area contributed by atoms with Crippen molar-refractivity contribution in [2.45, 2.75) is 37.0 Å². The molecular formula is C19H31N3O4S. The van der Waals surface area contributed by atoms with E-state index in [1.165, 1.54) is 19.2 Å². The first-order valence-corrected chi connectivity index (χ1v) is 10.9. The van der Waals surface area contributed by atoms with E-state index in [2.05, 4.69) is 4.72 Å². The summed E-state index contributed by atoms with van der Waals surface area (Å²) in [6, 6.07) is 4.46. The second kappa shape index (κ2) is 10.1. The van der Waals surface area contributed by atoms with Crippen LogP contribution >= 0.6 is 0 Å². The van der Waals surface area contributed by atoms with E-state index < -0.39 is 10.0 Å². The Labute approximate surface area is 162 Å². The molecular weight excluding hydrogens is 366 g/mol. The molecule has 1 aromatic carbocycles. The SMILES string of the molecule is COc1ccc(S(=O)(=O)NCCCN(C)C)cc1C(=O)N1CCCCCC1. The molecule has 1 amide bonds. The van der Waals surface area contributed by atoms with Crippen LogP contribution in [-0.4, -0.2) is 71.5 Å². The summed E-state index contributed by atoms with van der Waals surface area (Å²) in [5.41, 5.74) is 0.301. The lowest BCUT2D eigenvalue weighted by Gasteiger charge is -2.22. The molecule has 0 bridgehead atoms. The molecule has 0 atom stereocenters. The van der Waals surface area contributed by atoms with Gasteiger partial charge in [0, 0.05) is 19.6 Å². The first-order valence-electron chi connectivity index (χ1n) is 9.47. The number of benzene rings is 1. The second-order valence-corrected chi connectivity index (χ2v) is 8.89. The number of nitrogens with zero attached hydrogens (tertiary/aromatic N) is 2. The highest BCUT2D eigenvalue weighted by molar-refractivity contribution is 7.89. The lowest BCUT2D eigenvalue weighted by atomic mass is 10.1. The molecule has 8 heteroatoms. The summed E-state index contributed by atoms with van der Waals surface area (Å²) in [6.07, 6.45) is 4.89. The Balaban J connectivity index is 2.19. The van der Waals surface area contributed by atoms with Crippen molar-refractivity contribution in [3.63, 3.8) is 0 Å². The quantitative estimate of drug-likeness (QED) is 0.678. The largest absolute Gasteiger partial charge is 0.496 e. The molecule has 0 unspecified atom stereocenters. The minimum Gasteiger partial charge on any atom is -0.496 e. The number of methoxy groups -OCH3 is 1. The van der Waals surface area contributed by atoms with E-state index in [-0.39, 0.29) is 10.8 Å². The highest BCUT2D eigenvalue weighted by Gasteiger charge is 2.24. The Morgan fingerprint density at radius 1 is 1.19 bits per heavy atom. The molecule has 1 aliphatic rings. The maximum atomic E-state index is 13.0. The van der Waals surface area contributed by atoms with E-state index in [1.54, 1.807) is 11.0 Å². The van der Waals surface area contributed by atoms with Crippen molar-refractivity contribution < 1.29 is 17.9 Å². The molecule has 1 saturated heterocycles. The monoisotopic (exact) mass is 397 g/mol. The van der Waals surface area contributed by atoms with Gasteiger partial charge < -0.3 is 14.5 Å². The van der Waals surface area contributed by atoms with Gasteiger partial charge in [-0.05, 0) is 58.1 Å². The molecule has 1 heterocycles. The topological polar surface area (TPSA) is 79.0 Å². The van der Waals surface area contributed by atoms with Crippen LogP contribution in [-0.2, 0) is 10.0 Å². The van der Waals surface area contributed by atoms with Crippen LogP contribution in [0.1, 0.15) is 42.5 Å². The molecule has 1 aromatic rings. The minimum absolute atomic E-state index is 0.0892. The average Bonchev–Trinajstić information content (AvgIpc) is 2.93. The summed E-state index contributed by atoms with van der Waals surface area (Å²) in [5.74, 6) is 0.231. The van der Waals surface area contributed by atoms with Gasteiger partial charge in [0.15, 0.2) is 0 Å². The summed E-state index contributed by atoms with van der Waals surface area (Å²) >= 11 is 0. The number of amides is 1. The van der Waals surface area contributed by atoms with Crippen LogP contribution in [0, 0.1) is 0 Å². The summed E-state index contributed by atoms with van der Waals surface area (Å²) in [7, 11) is 1.70. The smallest absolute Gasteiger partial charge is 0.257 e. The normalized spacial score (nSPS) is 15.6. The van der Waals surface area contributed by atoms with Crippen molar-refractivity contribution in [1.29, 1.82) is 0 Å². The third-order valence-corrected chi connectivity index (χ3v) is 6.14. The number of likely N-dealkylation sites (tertiary alicyclic amines) is 1. The van der Waals surface area contributed by atoms with Crippen molar-refractivity contribution in [3.05, 3.63) is 23.8 Å². The molecule has 1 fully saturated rings. The number of nitrogens with one attached hydrogen (secondary N) is 1. The predicted octanol–water partition coefficient (Wildman–Crippen LogP) is 1.94. The van der Waals surface area contributed by atoms with Crippen molar-refractivity contribution in [2.75, 3.05) is 47.4 Å². The predicted molar refractivity (Wildman–Crippen MR) is 106 cm³/mol. The van der Waals surface area contributed by atoms with Crippen molar-refractivity contribution in [1.82, 2.24) is 14.5 Å². The van der Waals surface area contributed by atoms with Gasteiger partial charge in [0.25, 0.3) is 5.91 Å². The number of ether oxygens (including phenoxy) is 1. The third kappa shape index (κ3) is 6.19. The summed E-state index contributed by atoms with van der Waals surface area (Å²) in [5, 5.41) is 0. The van der Waals surface area contributed by atoms with Gasteiger partial charge in [-0.25, -0.2) is 13.1 Å². The minimum atomic E-state index is -3.67. The summed E-state index contributed by atoms with van der Waals surface area (Å²) in [6.45, 7) is 2.54. The highest BCUT2D eigenvalue weighted by atomic mass is 32.2. The summed E-state index contributed by atoms with van der Waals surface area (Å²) in [4.78, 5) is 16.9. The van der Waals surface area contributed by atoms with Gasteiger partial charge >= 0.3 is 0 Å². The molecule has 0 spiro atoms. The zero-order chi connectivity index (χ0) is 19.9. The van der Waals surface area contributed by atoms with Crippen LogP contribution < -0.4 is 9.46 Å². The lowest BCUT2D eigenvalue weighted by molar-refractivity contribution is 0.0758. The van der Waals surface area contributed by atoms with Gasteiger partial charge in [-0.3, -0.25) is 4.79 Å². The van der Waals surface area contributed by atoms with Crippen molar-refractivity contribution in [3.8, 4) is 5.75 Å². The molecule has 1 aliphatic heterocycles. The molecule has 152 valence electrons. The van der Waals surface area contributed by atoms with Crippen LogP contribution in [0.3, 0.4) is 0 Å². The van der Waals surface area contributed by atoms with E-state index in [4.69, 9.17) is 4.74 Å². The zero-order valence-corrected chi connectivity index (χ0v) is 17.3. The number of rotatable bonds is 8. The number of carbonyl (C=O) groups is 1. The van der Waals surface area contributed by atoms with Gasteiger partial charge in [-0.15, -0.1) is 0 Å². The number of hydrogen-bond acceptors (Lipinski definition) is 5. The van der Waals surface area contributed by atoms with Gasteiger partial charge in [-0.1, -0.05) is 12.8 Å². The van der Waals surface area contributed by atoms with Crippen LogP contribution in [0.5, 0.6) is 5.75 Å². The maximum Gasteiger partial charge on any atom is 0.257 e. The Morgan fingerprint density at radius 3 is 2.44 bits per heavy atom. The molecule has 27 heavy (non-hydrogen) atoms. The number of hydrogen-bond donors (Lipinski definition) is 1. The average molecular weight is 398 g/mol. The van der Waals surface area contributed by atoms with Gasteiger partial charge in [0.2, 0.25) is 10.0 Å². The standard InChI is InChI=1S/C19H31N3O4S/c1-21(2)12-8-11-20-27(24,25)16-9-10-18(26-3)17(15-16)19(23)22-13-6-4-5-7-14-22/h9-10,15,20H,4-8,11-14H2,1-3H3. The van der Waals surface area contributed by atoms with E-state index >= 15 is 0 Å². The molecule has 0 aromatic heterocycles. The van der Waals surface area contributed by atoms with Crippen LogP contribution in [0.2, 0.25) is 0 Å². The molecule has 7 nitrogen and oxygen atoms in total. The Kier molecular flexibility index (Phi) is 8.07. The fourth-order valence-electron chi connectivity index (χ4n) is 3.15. The maximum absolute atomic E-state index is 13.0. The van der Waals surface area contributed by atoms with Crippen molar-refractivity contribution >= 4 is 15.9 Å². The summed E-state index contributed by atoms with van der Waals surface area (Å²) < 4.78 is 33.1. The second-order valence-electron chi connectivity index (χ2n) is 7.12.